The number of carbonyl (C=O) groups excluding carboxylic acids is 4. The molecule has 0 spiro atoms. The average molecular weight is 667 g/mol. The molecule has 248 valence electrons. The molecule has 0 aromatic heterocycles. The van der Waals surface area contributed by atoms with Gasteiger partial charge in [0.1, 0.15) is 0 Å². The van der Waals surface area contributed by atoms with Gasteiger partial charge >= 0.3 is 0 Å². The number of carbonyl (C=O) groups is 4. The summed E-state index contributed by atoms with van der Waals surface area (Å²) in [6, 6.07) is 36.4. The van der Waals surface area contributed by atoms with E-state index in [-0.39, 0.29) is 23.6 Å². The summed E-state index contributed by atoms with van der Waals surface area (Å²) in [7, 11) is 0. The van der Waals surface area contributed by atoms with Crippen LogP contribution in [-0.4, -0.2) is 23.6 Å². The first-order valence-electron chi connectivity index (χ1n) is 16.9. The maximum absolute atomic E-state index is 13.8. The Hall–Kier alpha value is -6.40. The molecule has 6 heteroatoms. The van der Waals surface area contributed by atoms with E-state index in [1.54, 1.807) is 30.3 Å². The van der Waals surface area contributed by atoms with E-state index >= 15 is 0 Å². The minimum Gasteiger partial charge on any atom is -0.268 e. The van der Waals surface area contributed by atoms with Gasteiger partial charge in [-0.15, -0.1) is 0 Å². The Morgan fingerprint density at radius 2 is 0.765 bits per heavy atom. The molecule has 2 heterocycles. The summed E-state index contributed by atoms with van der Waals surface area (Å²) in [6.07, 6.45) is 0. The van der Waals surface area contributed by atoms with E-state index in [2.05, 4.69) is 0 Å². The summed E-state index contributed by atoms with van der Waals surface area (Å²) < 4.78 is 0. The molecule has 0 aliphatic carbocycles. The predicted molar refractivity (Wildman–Crippen MR) is 202 cm³/mol. The lowest BCUT2D eigenvalue weighted by Gasteiger charge is -2.21. The Labute approximate surface area is 296 Å². The van der Waals surface area contributed by atoms with E-state index in [0.29, 0.717) is 33.6 Å². The smallest absolute Gasteiger partial charge is 0.266 e. The molecule has 2 aliphatic rings. The van der Waals surface area contributed by atoms with Gasteiger partial charge in [-0.3, -0.25) is 19.2 Å². The zero-order chi connectivity index (χ0) is 35.7. The number of rotatable bonds is 5. The molecule has 4 amide bonds. The standard InChI is InChI=1S/C45H34N2O4/c1-25-6-10-30(11-7-25)32-14-17-36-39(23-32)44(50)46(42(36)48)34-16-19-35(27(3)20-34)38-21-29(5)41(22-28(38)4)47-43(49)37-18-15-33(24-40(37)45(47)51)31-12-8-26(2)9-13-31/h6-24H,1-5H3. The van der Waals surface area contributed by atoms with Crippen molar-refractivity contribution in [2.75, 3.05) is 9.80 Å². The topological polar surface area (TPSA) is 74.8 Å². The van der Waals surface area contributed by atoms with Gasteiger partial charge in [0.05, 0.1) is 33.6 Å². The minimum absolute atomic E-state index is 0.340. The van der Waals surface area contributed by atoms with Crippen LogP contribution in [0.25, 0.3) is 33.4 Å². The Kier molecular flexibility index (Phi) is 7.42. The molecule has 51 heavy (non-hydrogen) atoms. The number of imide groups is 2. The Balaban J connectivity index is 1.07. The van der Waals surface area contributed by atoms with E-state index in [4.69, 9.17) is 0 Å². The molecule has 0 N–H and O–H groups in total. The van der Waals surface area contributed by atoms with Gasteiger partial charge in [-0.1, -0.05) is 77.9 Å². The molecule has 6 aromatic rings. The molecule has 0 radical (unpaired) electrons. The van der Waals surface area contributed by atoms with Gasteiger partial charge in [0.2, 0.25) is 0 Å². The van der Waals surface area contributed by atoms with E-state index in [9.17, 15) is 19.2 Å². The molecular formula is C45H34N2O4. The third-order valence-corrected chi connectivity index (χ3v) is 10.1. The summed E-state index contributed by atoms with van der Waals surface area (Å²) in [5.41, 5.74) is 13.0. The Bertz CT molecular complexity index is 2490. The highest BCUT2D eigenvalue weighted by Crippen LogP contribution is 2.39. The van der Waals surface area contributed by atoms with Gasteiger partial charge in [-0.25, -0.2) is 9.80 Å². The van der Waals surface area contributed by atoms with Crippen LogP contribution in [0.3, 0.4) is 0 Å². The van der Waals surface area contributed by atoms with Crippen LogP contribution in [0.4, 0.5) is 11.4 Å². The van der Waals surface area contributed by atoms with Gasteiger partial charge in [0.15, 0.2) is 0 Å². The number of hydrogen-bond donors (Lipinski definition) is 0. The van der Waals surface area contributed by atoms with Crippen LogP contribution in [0.1, 0.15) is 69.2 Å². The summed E-state index contributed by atoms with van der Waals surface area (Å²) in [6.45, 7) is 9.85. The van der Waals surface area contributed by atoms with Crippen LogP contribution in [0.2, 0.25) is 0 Å². The van der Waals surface area contributed by atoms with Crippen molar-refractivity contribution in [1.82, 2.24) is 0 Å². The molecule has 0 unspecified atom stereocenters. The lowest BCUT2D eigenvalue weighted by molar-refractivity contribution is 0.0910. The monoisotopic (exact) mass is 666 g/mol. The second-order valence-electron chi connectivity index (χ2n) is 13.6. The van der Waals surface area contributed by atoms with Gasteiger partial charge < -0.3 is 0 Å². The molecule has 0 saturated carbocycles. The van der Waals surface area contributed by atoms with Crippen LogP contribution < -0.4 is 9.80 Å². The summed E-state index contributed by atoms with van der Waals surface area (Å²) in [5.74, 6) is -1.37. The number of aryl methyl sites for hydroxylation is 5. The van der Waals surface area contributed by atoms with Crippen molar-refractivity contribution in [3.63, 3.8) is 0 Å². The fourth-order valence-corrected chi connectivity index (χ4v) is 7.21. The van der Waals surface area contributed by atoms with Crippen molar-refractivity contribution in [3.05, 3.63) is 165 Å². The third kappa shape index (κ3) is 5.19. The van der Waals surface area contributed by atoms with Crippen LogP contribution in [0.5, 0.6) is 0 Å². The van der Waals surface area contributed by atoms with Crippen molar-refractivity contribution >= 4 is 35.0 Å². The van der Waals surface area contributed by atoms with E-state index in [1.807, 2.05) is 120 Å². The average Bonchev–Trinajstić information content (AvgIpc) is 3.52. The van der Waals surface area contributed by atoms with Crippen LogP contribution >= 0.6 is 0 Å². The van der Waals surface area contributed by atoms with E-state index < -0.39 is 0 Å². The van der Waals surface area contributed by atoms with Gasteiger partial charge in [-0.2, -0.15) is 0 Å². The summed E-state index contributed by atoms with van der Waals surface area (Å²) in [4.78, 5) is 57.1. The number of anilines is 2. The lowest BCUT2D eigenvalue weighted by Crippen LogP contribution is -2.30. The fraction of sp³-hybridized carbons (Fsp3) is 0.111. The highest BCUT2D eigenvalue weighted by molar-refractivity contribution is 6.35. The van der Waals surface area contributed by atoms with Crippen LogP contribution in [0, 0.1) is 34.6 Å². The first-order valence-corrected chi connectivity index (χ1v) is 16.9. The third-order valence-electron chi connectivity index (χ3n) is 10.1. The highest BCUT2D eigenvalue weighted by atomic mass is 16.2. The molecule has 0 saturated heterocycles. The molecule has 0 atom stereocenters. The van der Waals surface area contributed by atoms with Crippen molar-refractivity contribution < 1.29 is 19.2 Å². The van der Waals surface area contributed by atoms with E-state index in [0.717, 1.165) is 61.2 Å². The van der Waals surface area contributed by atoms with Crippen molar-refractivity contribution in [2.24, 2.45) is 0 Å². The molecule has 8 rings (SSSR count). The maximum Gasteiger partial charge on any atom is 0.266 e. The zero-order valence-electron chi connectivity index (χ0n) is 29.0. The fourth-order valence-electron chi connectivity index (χ4n) is 7.21. The van der Waals surface area contributed by atoms with Crippen molar-refractivity contribution in [3.8, 4) is 33.4 Å². The normalized spacial score (nSPS) is 13.7. The van der Waals surface area contributed by atoms with E-state index in [1.165, 1.54) is 9.80 Å². The Morgan fingerprint density at radius 1 is 0.333 bits per heavy atom. The highest BCUT2D eigenvalue weighted by Gasteiger charge is 2.39. The SMILES string of the molecule is Cc1ccc(-c2ccc3c(c2)C(=O)N(c2ccc(-c4cc(C)c(N5C(=O)c6ccc(-c7ccc(C)cc7)cc6C5=O)cc4C)c(C)c2)C3=O)cc1. The maximum atomic E-state index is 13.8. The Morgan fingerprint density at radius 3 is 1.29 bits per heavy atom. The molecule has 0 fully saturated rings. The predicted octanol–water partition coefficient (Wildman–Crippen LogP) is 9.83. The molecule has 2 aliphatic heterocycles. The second kappa shape index (κ2) is 11.9. The molecular weight excluding hydrogens is 633 g/mol. The molecule has 0 bridgehead atoms. The first-order chi connectivity index (χ1) is 24.5. The second-order valence-corrected chi connectivity index (χ2v) is 13.6. The first kappa shape index (κ1) is 31.8. The summed E-state index contributed by atoms with van der Waals surface area (Å²) in [5, 5.41) is 0. The molecule has 6 aromatic carbocycles. The lowest BCUT2D eigenvalue weighted by atomic mass is 9.93. The van der Waals surface area contributed by atoms with Gasteiger partial charge in [-0.05, 0) is 133 Å². The largest absolute Gasteiger partial charge is 0.268 e. The van der Waals surface area contributed by atoms with Gasteiger partial charge in [0.25, 0.3) is 23.6 Å². The number of benzene rings is 6. The van der Waals surface area contributed by atoms with Crippen LogP contribution in [0.15, 0.2) is 115 Å². The number of hydrogen-bond acceptors (Lipinski definition) is 4. The summed E-state index contributed by atoms with van der Waals surface area (Å²) >= 11 is 0. The van der Waals surface area contributed by atoms with Crippen LogP contribution in [-0.2, 0) is 0 Å². The van der Waals surface area contributed by atoms with Gasteiger partial charge in [0, 0.05) is 0 Å². The minimum atomic E-state index is -0.348. The van der Waals surface area contributed by atoms with Crippen molar-refractivity contribution in [2.45, 2.75) is 34.6 Å². The number of nitrogens with zero attached hydrogens (tertiary/aromatic N) is 2. The number of amides is 4. The quantitative estimate of drug-likeness (QED) is 0.172. The number of fused-ring (bicyclic) bond motifs is 2. The zero-order valence-corrected chi connectivity index (χ0v) is 29.0. The molecule has 6 nitrogen and oxygen atoms in total. The van der Waals surface area contributed by atoms with Crippen molar-refractivity contribution in [1.29, 1.82) is 0 Å².